The van der Waals surface area contributed by atoms with E-state index in [1.807, 2.05) is 20.2 Å². The summed E-state index contributed by atoms with van der Waals surface area (Å²) < 4.78 is 2.30. The van der Waals surface area contributed by atoms with E-state index in [-0.39, 0.29) is 5.49 Å². The molecule has 0 amide bonds. The molecule has 2 aromatic heterocycles. The maximum absolute atomic E-state index is 8.29. The summed E-state index contributed by atoms with van der Waals surface area (Å²) >= 11 is 3.36. The number of rotatable bonds is 3. The fraction of sp³-hybridized carbons (Fsp3) is 0.385. The summed E-state index contributed by atoms with van der Waals surface area (Å²) in [6.45, 7) is 1.68. The first-order valence-electron chi connectivity index (χ1n) is 6.55. The third kappa shape index (κ3) is 2.34. The topological polar surface area (TPSA) is 84.9 Å². The molecule has 1 saturated heterocycles. The Balaban J connectivity index is 2.09. The highest BCUT2D eigenvalue weighted by Crippen LogP contribution is 2.20. The summed E-state index contributed by atoms with van der Waals surface area (Å²) in [5.74, 6) is 0.582. The highest BCUT2D eigenvalue weighted by Gasteiger charge is 2.30. The Bertz CT molecular complexity index is 761. The zero-order valence-electron chi connectivity index (χ0n) is 11.8. The zero-order chi connectivity index (χ0) is 15.1. The van der Waals surface area contributed by atoms with Crippen LogP contribution in [0.2, 0.25) is 0 Å². The second-order valence-electron chi connectivity index (χ2n) is 5.30. The Morgan fingerprint density at radius 2 is 2.14 bits per heavy atom. The molecule has 1 aliphatic heterocycles. The molecule has 0 atom stereocenters. The second-order valence-corrected chi connectivity index (χ2v) is 6.22. The minimum absolute atomic E-state index is 0.217. The molecular formula is C13H16BrN7. The van der Waals surface area contributed by atoms with Crippen molar-refractivity contribution < 1.29 is 0 Å². The largest absolute Gasteiger partial charge is 0.350 e. The van der Waals surface area contributed by atoms with Gasteiger partial charge in [-0.15, -0.1) is 0 Å². The Labute approximate surface area is 130 Å². The van der Waals surface area contributed by atoms with Gasteiger partial charge in [-0.3, -0.25) is 15.4 Å². The van der Waals surface area contributed by atoms with Crippen LogP contribution in [-0.4, -0.2) is 59.0 Å². The molecule has 21 heavy (non-hydrogen) atoms. The first-order chi connectivity index (χ1) is 10.0. The molecule has 8 heteroatoms. The monoisotopic (exact) mass is 349 g/mol. The number of hydrogen-bond acceptors (Lipinski definition) is 6. The molecule has 0 saturated carbocycles. The number of likely N-dealkylation sites (N-methyl/N-ethyl adjacent to an activating group) is 1. The maximum Gasteiger partial charge on any atom is 0.178 e. The van der Waals surface area contributed by atoms with Crippen molar-refractivity contribution in [1.82, 2.24) is 19.4 Å². The molecular weight excluding hydrogens is 334 g/mol. The molecule has 2 N–H and O–H groups in total. The molecule has 3 rings (SSSR count). The van der Waals surface area contributed by atoms with Crippen LogP contribution in [0, 0.1) is 10.8 Å². The van der Waals surface area contributed by atoms with Crippen molar-refractivity contribution in [3.63, 3.8) is 0 Å². The number of anilines is 1. The highest BCUT2D eigenvalue weighted by atomic mass is 79.9. The van der Waals surface area contributed by atoms with E-state index in [9.17, 15) is 0 Å². The van der Waals surface area contributed by atoms with Gasteiger partial charge in [0.15, 0.2) is 17.0 Å². The van der Waals surface area contributed by atoms with Gasteiger partial charge in [0.25, 0.3) is 0 Å². The van der Waals surface area contributed by atoms with Crippen LogP contribution < -0.4 is 10.4 Å². The second kappa shape index (κ2) is 5.19. The molecule has 0 bridgehead atoms. The van der Waals surface area contributed by atoms with E-state index in [4.69, 9.17) is 10.8 Å². The average Bonchev–Trinajstić information content (AvgIpc) is 2.38. The van der Waals surface area contributed by atoms with Crippen LogP contribution in [0.4, 0.5) is 5.82 Å². The SMILES string of the molecule is CN(C)C1CN(c2nc3ncc(Br)cc3n(C=N)c2=N)C1. The lowest BCUT2D eigenvalue weighted by molar-refractivity contribution is 0.245. The molecule has 2 aromatic rings. The van der Waals surface area contributed by atoms with E-state index in [0.717, 1.165) is 23.9 Å². The Kier molecular flexibility index (Phi) is 3.50. The van der Waals surface area contributed by atoms with Crippen molar-refractivity contribution >= 4 is 39.3 Å². The molecule has 3 heterocycles. The molecule has 0 aromatic carbocycles. The van der Waals surface area contributed by atoms with E-state index in [1.54, 1.807) is 6.20 Å². The summed E-state index contributed by atoms with van der Waals surface area (Å²) in [5, 5.41) is 15.9. The number of fused-ring (bicyclic) bond motifs is 1. The van der Waals surface area contributed by atoms with Crippen LogP contribution in [0.25, 0.3) is 11.2 Å². The van der Waals surface area contributed by atoms with Gasteiger partial charge in [-0.1, -0.05) is 0 Å². The normalized spacial score (nSPS) is 15.5. The van der Waals surface area contributed by atoms with E-state index in [2.05, 4.69) is 35.7 Å². The number of nitrogens with zero attached hydrogens (tertiary/aromatic N) is 5. The van der Waals surface area contributed by atoms with Crippen molar-refractivity contribution in [3.05, 3.63) is 22.2 Å². The summed E-state index contributed by atoms with van der Waals surface area (Å²) in [4.78, 5) is 13.0. The molecule has 0 aliphatic carbocycles. The van der Waals surface area contributed by atoms with Gasteiger partial charge >= 0.3 is 0 Å². The summed E-state index contributed by atoms with van der Waals surface area (Å²) in [5.41, 5.74) is 1.41. The minimum Gasteiger partial charge on any atom is -0.350 e. The van der Waals surface area contributed by atoms with Crippen LogP contribution in [0.15, 0.2) is 16.7 Å². The number of aromatic nitrogens is 3. The van der Waals surface area contributed by atoms with Gasteiger partial charge in [-0.25, -0.2) is 9.97 Å². The molecule has 1 fully saturated rings. The van der Waals surface area contributed by atoms with Gasteiger partial charge in [-0.05, 0) is 36.1 Å². The van der Waals surface area contributed by atoms with Gasteiger partial charge in [0.2, 0.25) is 0 Å². The predicted molar refractivity (Wildman–Crippen MR) is 85.0 cm³/mol. The fourth-order valence-corrected chi connectivity index (χ4v) is 2.69. The third-order valence-corrected chi connectivity index (χ3v) is 4.19. The van der Waals surface area contributed by atoms with Gasteiger partial charge < -0.3 is 9.80 Å². The third-order valence-electron chi connectivity index (χ3n) is 3.76. The van der Waals surface area contributed by atoms with Crippen molar-refractivity contribution in [1.29, 1.82) is 10.8 Å². The summed E-state index contributed by atoms with van der Waals surface area (Å²) in [7, 11) is 4.10. The van der Waals surface area contributed by atoms with Gasteiger partial charge in [0.1, 0.15) is 0 Å². The smallest absolute Gasteiger partial charge is 0.178 e. The first kappa shape index (κ1) is 14.2. The minimum atomic E-state index is 0.217. The standard InChI is InChI=1S/C13H16BrN7/c1-19(2)9-5-20(6-9)13-11(16)21(7-15)10-3-8(14)4-17-12(10)18-13/h3-4,7,9,15-16H,5-6H2,1-2H3. The van der Waals surface area contributed by atoms with Gasteiger partial charge in [-0.2, -0.15) is 0 Å². The van der Waals surface area contributed by atoms with Crippen LogP contribution in [0.1, 0.15) is 0 Å². The van der Waals surface area contributed by atoms with Crippen LogP contribution in [0.5, 0.6) is 0 Å². The Morgan fingerprint density at radius 1 is 1.43 bits per heavy atom. The lowest BCUT2D eigenvalue weighted by atomic mass is 10.1. The van der Waals surface area contributed by atoms with E-state index in [1.165, 1.54) is 4.57 Å². The van der Waals surface area contributed by atoms with Crippen LogP contribution in [-0.2, 0) is 0 Å². The van der Waals surface area contributed by atoms with E-state index in [0.29, 0.717) is 23.0 Å². The van der Waals surface area contributed by atoms with Crippen molar-refractivity contribution in [2.24, 2.45) is 0 Å². The fourth-order valence-electron chi connectivity index (χ4n) is 2.38. The van der Waals surface area contributed by atoms with Crippen LogP contribution in [0.3, 0.4) is 0 Å². The maximum atomic E-state index is 8.29. The number of pyridine rings is 1. The summed E-state index contributed by atoms with van der Waals surface area (Å²) in [6, 6.07) is 2.30. The van der Waals surface area contributed by atoms with E-state index >= 15 is 0 Å². The average molecular weight is 350 g/mol. The van der Waals surface area contributed by atoms with Crippen molar-refractivity contribution in [2.45, 2.75) is 6.04 Å². The molecule has 0 spiro atoms. The lowest BCUT2D eigenvalue weighted by Crippen LogP contribution is -2.59. The molecule has 110 valence electrons. The van der Waals surface area contributed by atoms with Crippen LogP contribution >= 0.6 is 15.9 Å². The Morgan fingerprint density at radius 3 is 2.76 bits per heavy atom. The van der Waals surface area contributed by atoms with Gasteiger partial charge in [0.05, 0.1) is 11.9 Å². The number of nitrogens with one attached hydrogen (secondary N) is 2. The molecule has 1 aliphatic rings. The van der Waals surface area contributed by atoms with E-state index < -0.39 is 0 Å². The van der Waals surface area contributed by atoms with Crippen molar-refractivity contribution in [3.8, 4) is 0 Å². The molecule has 7 nitrogen and oxygen atoms in total. The lowest BCUT2D eigenvalue weighted by Gasteiger charge is -2.43. The zero-order valence-corrected chi connectivity index (χ0v) is 13.4. The Hall–Kier alpha value is -1.80. The molecule has 0 unspecified atom stereocenters. The molecule has 0 radical (unpaired) electrons. The first-order valence-corrected chi connectivity index (χ1v) is 7.35. The predicted octanol–water partition coefficient (Wildman–Crippen LogP) is 0.879. The number of halogens is 1. The quantitative estimate of drug-likeness (QED) is 0.636. The van der Waals surface area contributed by atoms with Gasteiger partial charge in [0, 0.05) is 29.8 Å². The summed E-state index contributed by atoms with van der Waals surface area (Å²) in [6.07, 6.45) is 2.81. The highest BCUT2D eigenvalue weighted by molar-refractivity contribution is 9.10. The number of hydrogen-bond donors (Lipinski definition) is 2. The van der Waals surface area contributed by atoms with Crippen molar-refractivity contribution in [2.75, 3.05) is 32.1 Å².